The normalized spacial score (nSPS) is 18.7. The van der Waals surface area contributed by atoms with Gasteiger partial charge in [-0.05, 0) is 24.6 Å². The number of fused-ring (bicyclic) bond motifs is 1. The Hall–Kier alpha value is -2.27. The van der Waals surface area contributed by atoms with Crippen molar-refractivity contribution >= 4 is 26.8 Å². The number of amides is 1. The Morgan fingerprint density at radius 1 is 1.15 bits per heavy atom. The highest BCUT2D eigenvalue weighted by atomic mass is 32.2. The van der Waals surface area contributed by atoms with E-state index in [2.05, 4.69) is 17.2 Å². The summed E-state index contributed by atoms with van der Waals surface area (Å²) >= 11 is 0. The van der Waals surface area contributed by atoms with Gasteiger partial charge in [0.1, 0.15) is 5.56 Å². The minimum absolute atomic E-state index is 0.0250. The van der Waals surface area contributed by atoms with Crippen molar-refractivity contribution in [2.24, 2.45) is 0 Å². The largest absolute Gasteiger partial charge is 0.360 e. The van der Waals surface area contributed by atoms with Crippen LogP contribution in [0, 0.1) is 0 Å². The number of H-pyrrole nitrogens is 1. The lowest BCUT2D eigenvalue weighted by Crippen LogP contribution is -2.47. The number of nitrogens with zero attached hydrogens (tertiary/aromatic N) is 1. The van der Waals surface area contributed by atoms with Crippen LogP contribution in [0.3, 0.4) is 0 Å². The number of unbranched alkanes of at least 4 members (excludes halogenated alkanes) is 3. The highest BCUT2D eigenvalue weighted by Crippen LogP contribution is 2.33. The molecule has 2 aliphatic heterocycles. The third-order valence-electron chi connectivity index (χ3n) is 6.35. The average Bonchev–Trinajstić information content (AvgIpc) is 3.27. The van der Waals surface area contributed by atoms with Crippen LogP contribution in [0.25, 0.3) is 10.9 Å². The van der Waals surface area contributed by atoms with E-state index in [9.17, 15) is 18.0 Å². The molecule has 1 spiro atoms. The topological polar surface area (TPSA) is 118 Å². The molecule has 33 heavy (non-hydrogen) atoms. The number of sulfonamides is 1. The fourth-order valence-corrected chi connectivity index (χ4v) is 5.85. The Kier molecular flexibility index (Phi) is 7.18. The molecule has 1 aromatic carbocycles. The van der Waals surface area contributed by atoms with Crippen LogP contribution in [0.4, 0.5) is 0 Å². The maximum absolute atomic E-state index is 13.2. The Bertz CT molecular complexity index is 1160. The SMILES string of the molecule is CCCCCCNC(=O)c1c[nH]c2ccc(S(=O)(=O)N3CCC4(CC3)OCCO4)cc2c1=O. The highest BCUT2D eigenvalue weighted by Gasteiger charge is 2.42. The van der Waals surface area contributed by atoms with Crippen molar-refractivity contribution in [2.45, 2.75) is 56.1 Å². The van der Waals surface area contributed by atoms with E-state index in [0.29, 0.717) is 38.1 Å². The molecule has 1 amide bonds. The summed E-state index contributed by atoms with van der Waals surface area (Å²) in [5, 5.41) is 2.95. The van der Waals surface area contributed by atoms with E-state index in [1.807, 2.05) is 0 Å². The quantitative estimate of drug-likeness (QED) is 0.564. The van der Waals surface area contributed by atoms with E-state index in [4.69, 9.17) is 9.47 Å². The van der Waals surface area contributed by atoms with Gasteiger partial charge in [0.05, 0.1) is 18.1 Å². The number of aromatic amines is 1. The summed E-state index contributed by atoms with van der Waals surface area (Å²) in [4.78, 5) is 28.5. The van der Waals surface area contributed by atoms with Crippen LogP contribution in [0.15, 0.2) is 34.1 Å². The van der Waals surface area contributed by atoms with E-state index < -0.39 is 27.1 Å². The minimum atomic E-state index is -3.80. The maximum Gasteiger partial charge on any atom is 0.256 e. The number of hydrogen-bond donors (Lipinski definition) is 2. The van der Waals surface area contributed by atoms with Crippen molar-refractivity contribution in [1.82, 2.24) is 14.6 Å². The number of carbonyl (C=O) groups is 1. The van der Waals surface area contributed by atoms with Crippen LogP contribution in [0.1, 0.15) is 55.8 Å². The molecule has 2 aromatic rings. The van der Waals surface area contributed by atoms with Gasteiger partial charge in [-0.2, -0.15) is 4.31 Å². The van der Waals surface area contributed by atoms with E-state index >= 15 is 0 Å². The fourth-order valence-electron chi connectivity index (χ4n) is 4.38. The highest BCUT2D eigenvalue weighted by molar-refractivity contribution is 7.89. The van der Waals surface area contributed by atoms with Gasteiger partial charge < -0.3 is 19.8 Å². The fraction of sp³-hybridized carbons (Fsp3) is 0.565. The van der Waals surface area contributed by atoms with E-state index in [1.54, 1.807) is 6.07 Å². The van der Waals surface area contributed by atoms with Crippen LogP contribution in [-0.2, 0) is 19.5 Å². The van der Waals surface area contributed by atoms with Crippen molar-refractivity contribution in [3.8, 4) is 0 Å². The number of aromatic nitrogens is 1. The van der Waals surface area contributed by atoms with Gasteiger partial charge >= 0.3 is 0 Å². The molecule has 2 N–H and O–H groups in total. The van der Waals surface area contributed by atoms with Gasteiger partial charge in [0.25, 0.3) is 5.91 Å². The van der Waals surface area contributed by atoms with Crippen LogP contribution in [-0.4, -0.2) is 62.2 Å². The number of nitrogens with one attached hydrogen (secondary N) is 2. The van der Waals surface area contributed by atoms with Gasteiger partial charge in [-0.15, -0.1) is 0 Å². The molecule has 180 valence electrons. The van der Waals surface area contributed by atoms with Crippen LogP contribution >= 0.6 is 0 Å². The summed E-state index contributed by atoms with van der Waals surface area (Å²) in [6.45, 7) is 4.20. The number of ether oxygens (including phenoxy) is 2. The smallest absolute Gasteiger partial charge is 0.256 e. The van der Waals surface area contributed by atoms with Crippen LogP contribution < -0.4 is 10.7 Å². The monoisotopic (exact) mass is 477 g/mol. The lowest BCUT2D eigenvalue weighted by Gasteiger charge is -2.36. The molecule has 4 rings (SSSR count). The summed E-state index contributed by atoms with van der Waals surface area (Å²) in [5.41, 5.74) is -0.0380. The molecule has 0 aliphatic carbocycles. The Morgan fingerprint density at radius 2 is 1.88 bits per heavy atom. The number of benzene rings is 1. The second-order valence-corrected chi connectivity index (χ2v) is 10.5. The molecule has 0 radical (unpaired) electrons. The average molecular weight is 478 g/mol. The van der Waals surface area contributed by atoms with Crippen molar-refractivity contribution in [1.29, 1.82) is 0 Å². The van der Waals surface area contributed by atoms with Gasteiger partial charge in [0.15, 0.2) is 5.79 Å². The third kappa shape index (κ3) is 4.98. The molecular weight excluding hydrogens is 446 g/mol. The second kappa shape index (κ2) is 9.92. The van der Waals surface area contributed by atoms with Crippen molar-refractivity contribution < 1.29 is 22.7 Å². The van der Waals surface area contributed by atoms with Gasteiger partial charge in [0.2, 0.25) is 15.5 Å². The van der Waals surface area contributed by atoms with Gasteiger partial charge in [-0.25, -0.2) is 8.42 Å². The van der Waals surface area contributed by atoms with E-state index in [-0.39, 0.29) is 28.9 Å². The molecule has 2 aliphatic rings. The molecule has 0 unspecified atom stereocenters. The number of piperidine rings is 1. The second-order valence-electron chi connectivity index (χ2n) is 8.57. The molecule has 1 aromatic heterocycles. The van der Waals surface area contributed by atoms with Crippen molar-refractivity contribution in [3.05, 3.63) is 40.2 Å². The first-order valence-corrected chi connectivity index (χ1v) is 13.0. The molecule has 0 saturated carbocycles. The molecule has 3 heterocycles. The Morgan fingerprint density at radius 3 is 2.58 bits per heavy atom. The lowest BCUT2D eigenvalue weighted by molar-refractivity contribution is -0.179. The zero-order chi connectivity index (χ0) is 23.5. The Labute approximate surface area is 193 Å². The summed E-state index contributed by atoms with van der Waals surface area (Å²) in [6, 6.07) is 4.40. The molecule has 0 bridgehead atoms. The number of pyridine rings is 1. The molecule has 0 atom stereocenters. The number of carbonyl (C=O) groups excluding carboxylic acids is 1. The van der Waals surface area contributed by atoms with Gasteiger partial charge in [-0.1, -0.05) is 26.2 Å². The van der Waals surface area contributed by atoms with Crippen molar-refractivity contribution in [3.63, 3.8) is 0 Å². The summed E-state index contributed by atoms with van der Waals surface area (Å²) in [6.07, 6.45) is 6.37. The van der Waals surface area contributed by atoms with Gasteiger partial charge in [0, 0.05) is 49.6 Å². The van der Waals surface area contributed by atoms with Crippen LogP contribution in [0.2, 0.25) is 0 Å². The standard InChI is InChI=1S/C23H31N3O6S/c1-2-3-4-5-10-24-22(28)19-16-25-20-7-6-17(15-18(20)21(19)27)33(29,30)26-11-8-23(9-12-26)31-13-14-32-23/h6-7,15-16H,2-5,8-14H2,1H3,(H,24,28)(H,25,27). The van der Waals surface area contributed by atoms with Crippen LogP contribution in [0.5, 0.6) is 0 Å². The number of rotatable bonds is 8. The predicted octanol–water partition coefficient (Wildman–Crippen LogP) is 2.37. The van der Waals surface area contributed by atoms with E-state index in [1.165, 1.54) is 22.6 Å². The first-order chi connectivity index (χ1) is 15.9. The molecule has 2 saturated heterocycles. The number of hydrogen-bond acceptors (Lipinski definition) is 6. The molecule has 10 heteroatoms. The zero-order valence-electron chi connectivity index (χ0n) is 18.9. The first-order valence-electron chi connectivity index (χ1n) is 11.6. The summed E-state index contributed by atoms with van der Waals surface area (Å²) in [7, 11) is -3.80. The zero-order valence-corrected chi connectivity index (χ0v) is 19.7. The summed E-state index contributed by atoms with van der Waals surface area (Å²) in [5.74, 6) is -1.13. The predicted molar refractivity (Wildman–Crippen MR) is 124 cm³/mol. The first kappa shape index (κ1) is 23.9. The third-order valence-corrected chi connectivity index (χ3v) is 8.24. The minimum Gasteiger partial charge on any atom is -0.360 e. The summed E-state index contributed by atoms with van der Waals surface area (Å²) < 4.78 is 39.2. The maximum atomic E-state index is 13.2. The lowest BCUT2D eigenvalue weighted by atomic mass is 10.1. The molecular formula is C23H31N3O6S. The van der Waals surface area contributed by atoms with Gasteiger partial charge in [-0.3, -0.25) is 9.59 Å². The van der Waals surface area contributed by atoms with E-state index in [0.717, 1.165) is 25.7 Å². The molecule has 9 nitrogen and oxygen atoms in total. The Balaban J connectivity index is 1.52. The van der Waals surface area contributed by atoms with Crippen molar-refractivity contribution in [2.75, 3.05) is 32.8 Å². The molecule has 2 fully saturated rings.